The molecule has 2 unspecified atom stereocenters. The highest BCUT2D eigenvalue weighted by Gasteiger charge is 2.20. The minimum atomic E-state index is 0.00730. The summed E-state index contributed by atoms with van der Waals surface area (Å²) in [4.78, 5) is 1.95. The second-order valence-corrected chi connectivity index (χ2v) is 7.48. The average molecular weight is 329 g/mol. The standard InChI is InChI=1S/C13H17ClN4S2/c1-8(15)11(9-4-6-10(14)7-5-9)19-13-17-16-12(20-13)18(2)3/h4-8,11H,15H2,1-3H3. The first-order chi connectivity index (χ1) is 9.47. The van der Waals surface area contributed by atoms with Crippen molar-refractivity contribution in [2.75, 3.05) is 19.0 Å². The van der Waals surface area contributed by atoms with Gasteiger partial charge in [-0.05, 0) is 24.6 Å². The van der Waals surface area contributed by atoms with E-state index in [0.29, 0.717) is 0 Å². The molecule has 0 radical (unpaired) electrons. The van der Waals surface area contributed by atoms with Gasteiger partial charge < -0.3 is 10.6 Å². The molecule has 4 nitrogen and oxygen atoms in total. The van der Waals surface area contributed by atoms with E-state index in [1.165, 1.54) is 0 Å². The van der Waals surface area contributed by atoms with Crippen molar-refractivity contribution < 1.29 is 0 Å². The maximum absolute atomic E-state index is 6.11. The molecule has 0 fully saturated rings. The Morgan fingerprint density at radius 2 is 1.90 bits per heavy atom. The number of hydrogen-bond donors (Lipinski definition) is 1. The molecule has 1 aromatic carbocycles. The Morgan fingerprint density at radius 1 is 1.25 bits per heavy atom. The van der Waals surface area contributed by atoms with Crippen molar-refractivity contribution in [3.05, 3.63) is 34.9 Å². The molecule has 2 aromatic rings. The molecule has 0 spiro atoms. The van der Waals surface area contributed by atoms with Crippen molar-refractivity contribution in [3.63, 3.8) is 0 Å². The van der Waals surface area contributed by atoms with Gasteiger partial charge in [0.2, 0.25) is 5.13 Å². The van der Waals surface area contributed by atoms with Crippen LogP contribution in [0.25, 0.3) is 0 Å². The predicted octanol–water partition coefficient (Wildman–Crippen LogP) is 3.44. The predicted molar refractivity (Wildman–Crippen MR) is 87.9 cm³/mol. The summed E-state index contributed by atoms with van der Waals surface area (Å²) in [6, 6.07) is 7.80. The topological polar surface area (TPSA) is 55.0 Å². The van der Waals surface area contributed by atoms with Crippen LogP contribution >= 0.6 is 34.7 Å². The summed E-state index contributed by atoms with van der Waals surface area (Å²) in [6.45, 7) is 2.00. The van der Waals surface area contributed by atoms with Crippen molar-refractivity contribution in [3.8, 4) is 0 Å². The van der Waals surface area contributed by atoms with Crippen molar-refractivity contribution in [2.45, 2.75) is 22.6 Å². The molecular formula is C13H17ClN4S2. The van der Waals surface area contributed by atoms with E-state index in [2.05, 4.69) is 10.2 Å². The molecule has 0 aliphatic carbocycles. The van der Waals surface area contributed by atoms with Gasteiger partial charge in [-0.25, -0.2) is 0 Å². The molecule has 2 atom stereocenters. The van der Waals surface area contributed by atoms with Gasteiger partial charge >= 0.3 is 0 Å². The van der Waals surface area contributed by atoms with E-state index in [0.717, 1.165) is 20.1 Å². The third-order valence-electron chi connectivity index (χ3n) is 2.68. The molecule has 0 saturated heterocycles. The summed E-state index contributed by atoms with van der Waals surface area (Å²) in [5, 5.41) is 10.1. The summed E-state index contributed by atoms with van der Waals surface area (Å²) in [6.07, 6.45) is 0. The number of aromatic nitrogens is 2. The van der Waals surface area contributed by atoms with Crippen LogP contribution < -0.4 is 10.6 Å². The Labute approximate surface area is 132 Å². The van der Waals surface area contributed by atoms with E-state index < -0.39 is 0 Å². The van der Waals surface area contributed by atoms with Crippen molar-refractivity contribution in [1.82, 2.24) is 10.2 Å². The van der Waals surface area contributed by atoms with Gasteiger partial charge in [-0.3, -0.25) is 0 Å². The highest BCUT2D eigenvalue weighted by atomic mass is 35.5. The lowest BCUT2D eigenvalue weighted by Gasteiger charge is -2.19. The molecule has 0 bridgehead atoms. The quantitative estimate of drug-likeness (QED) is 0.852. The van der Waals surface area contributed by atoms with E-state index in [4.69, 9.17) is 17.3 Å². The van der Waals surface area contributed by atoms with Crippen LogP contribution in [0.3, 0.4) is 0 Å². The minimum Gasteiger partial charge on any atom is -0.353 e. The van der Waals surface area contributed by atoms with Crippen LogP contribution in [0.5, 0.6) is 0 Å². The van der Waals surface area contributed by atoms with E-state index in [1.807, 2.05) is 50.2 Å². The molecule has 1 aromatic heterocycles. The third kappa shape index (κ3) is 3.85. The first-order valence-electron chi connectivity index (χ1n) is 6.16. The fourth-order valence-corrected chi connectivity index (χ4v) is 3.84. The molecule has 2 rings (SSSR count). The second-order valence-electron chi connectivity index (χ2n) is 4.69. The monoisotopic (exact) mass is 328 g/mol. The zero-order valence-electron chi connectivity index (χ0n) is 11.6. The van der Waals surface area contributed by atoms with E-state index >= 15 is 0 Å². The summed E-state index contributed by atoms with van der Waals surface area (Å²) in [5.74, 6) is 0. The van der Waals surface area contributed by atoms with Crippen molar-refractivity contribution in [2.24, 2.45) is 5.73 Å². The van der Waals surface area contributed by atoms with Crippen LogP contribution in [0.15, 0.2) is 28.6 Å². The van der Waals surface area contributed by atoms with E-state index in [-0.39, 0.29) is 11.3 Å². The van der Waals surface area contributed by atoms with E-state index in [9.17, 15) is 0 Å². The molecule has 7 heteroatoms. The Bertz CT molecular complexity index is 554. The number of halogens is 1. The zero-order valence-corrected chi connectivity index (χ0v) is 14.0. The molecule has 0 saturated carbocycles. The van der Waals surface area contributed by atoms with Gasteiger partial charge in [-0.15, -0.1) is 10.2 Å². The van der Waals surface area contributed by atoms with Gasteiger partial charge in [0, 0.05) is 25.2 Å². The smallest absolute Gasteiger partial charge is 0.208 e. The molecule has 0 aliphatic heterocycles. The van der Waals surface area contributed by atoms with E-state index in [1.54, 1.807) is 23.1 Å². The van der Waals surface area contributed by atoms with Crippen LogP contribution in [0, 0.1) is 0 Å². The SMILES string of the molecule is CC(N)C(Sc1nnc(N(C)C)s1)c1ccc(Cl)cc1. The lowest BCUT2D eigenvalue weighted by molar-refractivity contribution is 0.720. The third-order valence-corrected chi connectivity index (χ3v) is 5.60. The number of hydrogen-bond acceptors (Lipinski definition) is 6. The number of nitrogens with zero attached hydrogens (tertiary/aromatic N) is 3. The minimum absolute atomic E-state index is 0.00730. The summed E-state index contributed by atoms with van der Waals surface area (Å²) >= 11 is 9.14. The van der Waals surface area contributed by atoms with Gasteiger partial charge in [0.15, 0.2) is 4.34 Å². The number of thioether (sulfide) groups is 1. The zero-order chi connectivity index (χ0) is 14.7. The van der Waals surface area contributed by atoms with Crippen LogP contribution in [-0.4, -0.2) is 30.3 Å². The van der Waals surface area contributed by atoms with Gasteiger partial charge in [-0.2, -0.15) is 0 Å². The van der Waals surface area contributed by atoms with Crippen molar-refractivity contribution >= 4 is 39.8 Å². The lowest BCUT2D eigenvalue weighted by Crippen LogP contribution is -2.22. The average Bonchev–Trinajstić information content (AvgIpc) is 2.86. The first kappa shape index (κ1) is 15.6. The Morgan fingerprint density at radius 3 is 2.40 bits per heavy atom. The highest BCUT2D eigenvalue weighted by molar-refractivity contribution is 8.01. The normalized spacial score (nSPS) is 14.1. The number of anilines is 1. The van der Waals surface area contributed by atoms with Crippen LogP contribution in [0.1, 0.15) is 17.7 Å². The fraction of sp³-hybridized carbons (Fsp3) is 0.385. The van der Waals surface area contributed by atoms with Gasteiger partial charge in [0.25, 0.3) is 0 Å². The number of rotatable bonds is 5. The summed E-state index contributed by atoms with van der Waals surface area (Å²) in [7, 11) is 3.91. The fourth-order valence-electron chi connectivity index (χ4n) is 1.67. The molecular weight excluding hydrogens is 312 g/mol. The van der Waals surface area contributed by atoms with Crippen LogP contribution in [-0.2, 0) is 0 Å². The Hall–Kier alpha value is -0.820. The Kier molecular flexibility index (Phi) is 5.26. The largest absolute Gasteiger partial charge is 0.353 e. The maximum atomic E-state index is 6.11. The van der Waals surface area contributed by atoms with Crippen LogP contribution in [0.2, 0.25) is 5.02 Å². The van der Waals surface area contributed by atoms with Gasteiger partial charge in [0.05, 0.1) is 5.25 Å². The van der Waals surface area contributed by atoms with Gasteiger partial charge in [0.1, 0.15) is 0 Å². The Balaban J connectivity index is 2.18. The molecule has 0 amide bonds. The van der Waals surface area contributed by atoms with Crippen LogP contribution in [0.4, 0.5) is 5.13 Å². The second kappa shape index (κ2) is 6.76. The summed E-state index contributed by atoms with van der Waals surface area (Å²) in [5.41, 5.74) is 7.26. The molecule has 20 heavy (non-hydrogen) atoms. The highest BCUT2D eigenvalue weighted by Crippen LogP contribution is 2.39. The lowest BCUT2D eigenvalue weighted by atomic mass is 10.1. The molecule has 1 heterocycles. The summed E-state index contributed by atoms with van der Waals surface area (Å²) < 4.78 is 0.922. The van der Waals surface area contributed by atoms with Crippen molar-refractivity contribution in [1.29, 1.82) is 0 Å². The maximum Gasteiger partial charge on any atom is 0.208 e. The van der Waals surface area contributed by atoms with Gasteiger partial charge in [-0.1, -0.05) is 46.8 Å². The number of nitrogens with two attached hydrogens (primary N) is 1. The molecule has 2 N–H and O–H groups in total. The first-order valence-corrected chi connectivity index (χ1v) is 8.23. The molecule has 0 aliphatic rings. The molecule has 108 valence electrons. The number of benzene rings is 1.